The molecule has 0 radical (unpaired) electrons. The maximum Gasteiger partial charge on any atom is 0.254 e. The van der Waals surface area contributed by atoms with Crippen molar-refractivity contribution in [1.29, 1.82) is 0 Å². The van der Waals surface area contributed by atoms with Gasteiger partial charge in [-0.15, -0.1) is 0 Å². The van der Waals surface area contributed by atoms with Crippen LogP contribution in [0.2, 0.25) is 0 Å². The molecule has 1 fully saturated rings. The Balaban J connectivity index is 1.80. The van der Waals surface area contributed by atoms with Crippen molar-refractivity contribution >= 4 is 17.5 Å². The van der Waals surface area contributed by atoms with E-state index in [1.165, 1.54) is 29.8 Å². The summed E-state index contributed by atoms with van der Waals surface area (Å²) < 4.78 is 13.0. The lowest BCUT2D eigenvalue weighted by atomic mass is 10.1. The van der Waals surface area contributed by atoms with Gasteiger partial charge >= 0.3 is 0 Å². The maximum atomic E-state index is 13.0. The van der Waals surface area contributed by atoms with E-state index in [0.29, 0.717) is 18.7 Å². The zero-order chi connectivity index (χ0) is 18.1. The average Bonchev–Trinajstić information content (AvgIpc) is 2.60. The van der Waals surface area contributed by atoms with Crippen LogP contribution >= 0.6 is 0 Å². The number of hydrogen-bond acceptors (Lipinski definition) is 2. The molecule has 2 aromatic rings. The molecule has 1 unspecified atom stereocenters. The number of carbonyl (C=O) groups excluding carboxylic acids is 2. The van der Waals surface area contributed by atoms with Crippen LogP contribution in [0.25, 0.3) is 0 Å². The Morgan fingerprint density at radius 1 is 1.04 bits per heavy atom. The van der Waals surface area contributed by atoms with E-state index in [9.17, 15) is 14.0 Å². The predicted molar refractivity (Wildman–Crippen MR) is 95.2 cm³/mol. The van der Waals surface area contributed by atoms with Crippen molar-refractivity contribution in [2.45, 2.75) is 26.8 Å². The predicted octanol–water partition coefficient (Wildman–Crippen LogP) is 3.32. The Morgan fingerprint density at radius 2 is 1.72 bits per heavy atom. The summed E-state index contributed by atoms with van der Waals surface area (Å²) in [6.07, 6.45) is 0. The monoisotopic (exact) mass is 340 g/mol. The first-order valence-corrected chi connectivity index (χ1v) is 8.33. The number of piperazine rings is 1. The van der Waals surface area contributed by atoms with E-state index < -0.39 is 6.04 Å². The van der Waals surface area contributed by atoms with E-state index in [0.717, 1.165) is 11.3 Å². The molecule has 2 amide bonds. The van der Waals surface area contributed by atoms with Crippen molar-refractivity contribution in [1.82, 2.24) is 4.90 Å². The van der Waals surface area contributed by atoms with Crippen LogP contribution in [0.15, 0.2) is 42.5 Å². The van der Waals surface area contributed by atoms with Crippen molar-refractivity contribution in [3.8, 4) is 0 Å². The normalized spacial score (nSPS) is 17.8. The van der Waals surface area contributed by atoms with Crippen LogP contribution in [0.5, 0.6) is 0 Å². The van der Waals surface area contributed by atoms with E-state index in [-0.39, 0.29) is 17.6 Å². The second kappa shape index (κ2) is 6.67. The first kappa shape index (κ1) is 17.1. The zero-order valence-corrected chi connectivity index (χ0v) is 14.6. The number of carbonyl (C=O) groups is 2. The molecular weight excluding hydrogens is 319 g/mol. The molecule has 1 saturated heterocycles. The van der Waals surface area contributed by atoms with Gasteiger partial charge in [0, 0.05) is 24.3 Å². The van der Waals surface area contributed by atoms with Crippen LogP contribution in [0.4, 0.5) is 10.1 Å². The topological polar surface area (TPSA) is 40.6 Å². The molecule has 4 nitrogen and oxygen atoms in total. The highest BCUT2D eigenvalue weighted by molar-refractivity contribution is 6.03. The fourth-order valence-electron chi connectivity index (χ4n) is 3.06. The molecule has 1 heterocycles. The Kier molecular flexibility index (Phi) is 4.57. The second-order valence-electron chi connectivity index (χ2n) is 6.44. The summed E-state index contributed by atoms with van der Waals surface area (Å²) >= 11 is 0. The number of anilines is 1. The number of halogens is 1. The number of aryl methyl sites for hydroxylation is 2. The molecule has 130 valence electrons. The van der Waals surface area contributed by atoms with Gasteiger partial charge in [0.1, 0.15) is 11.9 Å². The van der Waals surface area contributed by atoms with Crippen molar-refractivity contribution in [3.05, 3.63) is 65.0 Å². The fourth-order valence-corrected chi connectivity index (χ4v) is 3.06. The minimum absolute atomic E-state index is 0.107. The fraction of sp³-hybridized carbons (Fsp3) is 0.300. The van der Waals surface area contributed by atoms with Crippen LogP contribution in [0, 0.1) is 19.7 Å². The maximum absolute atomic E-state index is 13.0. The molecule has 1 aliphatic rings. The smallest absolute Gasteiger partial charge is 0.254 e. The number of hydrogen-bond donors (Lipinski definition) is 0. The Bertz CT molecular complexity index is 817. The van der Waals surface area contributed by atoms with Crippen LogP contribution in [0.3, 0.4) is 0 Å². The molecule has 5 heteroatoms. The standard InChI is InChI=1S/C20H21FN2O2/c1-13-4-9-18(12-14(13)2)23-11-10-22(15(3)19(23)24)20(25)16-5-7-17(21)8-6-16/h4-9,12,15H,10-11H2,1-3H3. The molecule has 0 bridgehead atoms. The van der Waals surface area contributed by atoms with Crippen LogP contribution in [-0.2, 0) is 4.79 Å². The lowest BCUT2D eigenvalue weighted by molar-refractivity contribution is -0.124. The van der Waals surface area contributed by atoms with E-state index in [1.54, 1.807) is 16.7 Å². The third-order valence-corrected chi connectivity index (χ3v) is 4.81. The first-order chi connectivity index (χ1) is 11.9. The van der Waals surface area contributed by atoms with E-state index >= 15 is 0 Å². The highest BCUT2D eigenvalue weighted by Crippen LogP contribution is 2.24. The largest absolute Gasteiger partial charge is 0.325 e. The molecule has 3 rings (SSSR count). The van der Waals surface area contributed by atoms with E-state index in [4.69, 9.17) is 0 Å². The van der Waals surface area contributed by atoms with Gasteiger partial charge in [0.2, 0.25) is 5.91 Å². The molecule has 0 aliphatic carbocycles. The van der Waals surface area contributed by atoms with Crippen molar-refractivity contribution in [2.24, 2.45) is 0 Å². The van der Waals surface area contributed by atoms with Gasteiger partial charge in [-0.2, -0.15) is 0 Å². The Morgan fingerprint density at radius 3 is 2.36 bits per heavy atom. The minimum atomic E-state index is -0.562. The molecule has 2 aromatic carbocycles. The minimum Gasteiger partial charge on any atom is -0.325 e. The van der Waals surface area contributed by atoms with Crippen molar-refractivity contribution < 1.29 is 14.0 Å². The molecule has 25 heavy (non-hydrogen) atoms. The third-order valence-electron chi connectivity index (χ3n) is 4.81. The molecule has 0 aromatic heterocycles. The Hall–Kier alpha value is -2.69. The zero-order valence-electron chi connectivity index (χ0n) is 14.6. The van der Waals surface area contributed by atoms with Crippen molar-refractivity contribution in [2.75, 3.05) is 18.0 Å². The number of benzene rings is 2. The van der Waals surface area contributed by atoms with Gasteiger partial charge in [0.25, 0.3) is 5.91 Å². The van der Waals surface area contributed by atoms with E-state index in [1.807, 2.05) is 32.0 Å². The SMILES string of the molecule is Cc1ccc(N2CCN(C(=O)c3ccc(F)cc3)C(C)C2=O)cc1C. The summed E-state index contributed by atoms with van der Waals surface area (Å²) in [5, 5.41) is 0. The molecule has 1 aliphatic heterocycles. The van der Waals surface area contributed by atoms with Crippen molar-refractivity contribution in [3.63, 3.8) is 0 Å². The molecule has 0 saturated carbocycles. The van der Waals surface area contributed by atoms with Gasteiger partial charge in [0.15, 0.2) is 0 Å². The molecule has 0 spiro atoms. The van der Waals surface area contributed by atoms with Gasteiger partial charge in [-0.1, -0.05) is 6.07 Å². The lowest BCUT2D eigenvalue weighted by Gasteiger charge is -2.39. The number of nitrogens with zero attached hydrogens (tertiary/aromatic N) is 2. The van der Waals surface area contributed by atoms with E-state index in [2.05, 4.69) is 0 Å². The number of amides is 2. The summed E-state index contributed by atoms with van der Waals surface area (Å²) in [6.45, 7) is 6.66. The summed E-state index contributed by atoms with van der Waals surface area (Å²) in [5.41, 5.74) is 3.55. The number of rotatable bonds is 2. The summed E-state index contributed by atoms with van der Waals surface area (Å²) in [7, 11) is 0. The summed E-state index contributed by atoms with van der Waals surface area (Å²) in [4.78, 5) is 28.7. The molecular formula is C20H21FN2O2. The highest BCUT2D eigenvalue weighted by atomic mass is 19.1. The van der Waals surface area contributed by atoms with Crippen LogP contribution < -0.4 is 4.90 Å². The highest BCUT2D eigenvalue weighted by Gasteiger charge is 2.35. The van der Waals surface area contributed by atoms with Crippen LogP contribution in [0.1, 0.15) is 28.4 Å². The Labute approximate surface area is 146 Å². The second-order valence-corrected chi connectivity index (χ2v) is 6.44. The van der Waals surface area contributed by atoms with Gasteiger partial charge in [-0.3, -0.25) is 9.59 Å². The third kappa shape index (κ3) is 3.27. The average molecular weight is 340 g/mol. The van der Waals surface area contributed by atoms with Gasteiger partial charge in [-0.25, -0.2) is 4.39 Å². The molecule has 0 N–H and O–H groups in total. The van der Waals surface area contributed by atoms with Crippen LogP contribution in [-0.4, -0.2) is 35.8 Å². The summed E-state index contributed by atoms with van der Waals surface area (Å²) in [6, 6.07) is 10.8. The first-order valence-electron chi connectivity index (χ1n) is 8.33. The van der Waals surface area contributed by atoms with Gasteiger partial charge in [-0.05, 0) is 68.3 Å². The lowest BCUT2D eigenvalue weighted by Crippen LogP contribution is -2.57. The molecule has 1 atom stereocenters. The van der Waals surface area contributed by atoms with Gasteiger partial charge in [0.05, 0.1) is 0 Å². The van der Waals surface area contributed by atoms with Gasteiger partial charge < -0.3 is 9.80 Å². The summed E-state index contributed by atoms with van der Waals surface area (Å²) in [5.74, 6) is -0.745. The quantitative estimate of drug-likeness (QED) is 0.841.